The summed E-state index contributed by atoms with van der Waals surface area (Å²) in [5.41, 5.74) is 22.4. The molecule has 0 spiro atoms. The molecule has 0 atom stereocenters. The third-order valence-electron chi connectivity index (χ3n) is 13.7. The molecule has 10 aromatic carbocycles. The summed E-state index contributed by atoms with van der Waals surface area (Å²) in [6.07, 6.45) is 0. The van der Waals surface area contributed by atoms with Gasteiger partial charge in [-0.15, -0.1) is 0 Å². The molecule has 10 aromatic rings. The Balaban J connectivity index is 1.21. The number of anilines is 6. The van der Waals surface area contributed by atoms with E-state index in [9.17, 15) is 0 Å². The Bertz CT molecular complexity index is 3380. The number of hydrogen-bond donors (Lipinski definition) is 0. The van der Waals surface area contributed by atoms with E-state index in [1.54, 1.807) is 0 Å². The van der Waals surface area contributed by atoms with E-state index in [-0.39, 0.29) is 12.6 Å². The van der Waals surface area contributed by atoms with E-state index in [1.165, 1.54) is 116 Å². The average Bonchev–Trinajstić information content (AvgIpc) is 3.32. The van der Waals surface area contributed by atoms with Crippen LogP contribution < -0.4 is 26.2 Å². The van der Waals surface area contributed by atoms with Gasteiger partial charge in [0.15, 0.2) is 0 Å². The minimum atomic E-state index is -0.0675. The first kappa shape index (κ1) is 38.1. The van der Waals surface area contributed by atoms with Gasteiger partial charge < -0.3 is 9.80 Å². The van der Waals surface area contributed by atoms with Gasteiger partial charge in [-0.25, -0.2) is 0 Å². The van der Waals surface area contributed by atoms with Crippen molar-refractivity contribution in [3.63, 3.8) is 0 Å². The molecule has 0 aromatic heterocycles. The Morgan fingerprint density at radius 2 is 0.828 bits per heavy atom. The fraction of sp³-hybridized carbons (Fsp3) is 0.0820. The maximum absolute atomic E-state index is 2.59. The van der Waals surface area contributed by atoms with Crippen LogP contribution in [0.25, 0.3) is 32.7 Å². The highest BCUT2D eigenvalue weighted by Crippen LogP contribution is 2.49. The summed E-state index contributed by atoms with van der Waals surface area (Å²) in [5, 5.41) is 4.98. The van der Waals surface area contributed by atoms with Crippen LogP contribution in [0, 0.1) is 27.7 Å². The van der Waals surface area contributed by atoms with Crippen LogP contribution in [0.4, 0.5) is 34.1 Å². The van der Waals surface area contributed by atoms with Crippen molar-refractivity contribution in [2.45, 2.75) is 33.6 Å². The molecule has 0 N–H and O–H groups in total. The first-order chi connectivity index (χ1) is 31.4. The van der Waals surface area contributed by atoms with Crippen LogP contribution in [0.15, 0.2) is 206 Å². The molecule has 0 amide bonds. The van der Waals surface area contributed by atoms with E-state index in [1.807, 2.05) is 0 Å². The van der Waals surface area contributed by atoms with Crippen molar-refractivity contribution in [3.05, 3.63) is 245 Å². The third-order valence-corrected chi connectivity index (χ3v) is 13.7. The number of para-hydroxylation sites is 1. The van der Waals surface area contributed by atoms with Gasteiger partial charge in [-0.1, -0.05) is 186 Å². The molecule has 0 unspecified atom stereocenters. The Morgan fingerprint density at radius 3 is 1.42 bits per heavy atom. The summed E-state index contributed by atoms with van der Waals surface area (Å²) >= 11 is 0. The zero-order valence-corrected chi connectivity index (χ0v) is 36.7. The van der Waals surface area contributed by atoms with E-state index in [2.05, 4.69) is 244 Å². The molecule has 0 saturated carbocycles. The molecule has 0 radical (unpaired) electrons. The van der Waals surface area contributed by atoms with E-state index < -0.39 is 0 Å². The van der Waals surface area contributed by atoms with Gasteiger partial charge in [-0.2, -0.15) is 0 Å². The third kappa shape index (κ3) is 6.26. The van der Waals surface area contributed by atoms with Crippen molar-refractivity contribution in [1.82, 2.24) is 0 Å². The lowest BCUT2D eigenvalue weighted by Gasteiger charge is -2.45. The fourth-order valence-electron chi connectivity index (χ4n) is 10.7. The largest absolute Gasteiger partial charge is 0.311 e. The summed E-state index contributed by atoms with van der Waals surface area (Å²) in [7, 11) is 0. The van der Waals surface area contributed by atoms with E-state index in [4.69, 9.17) is 0 Å². The van der Waals surface area contributed by atoms with Crippen molar-refractivity contribution in [2.75, 3.05) is 9.80 Å². The van der Waals surface area contributed by atoms with Crippen LogP contribution in [0.3, 0.4) is 0 Å². The zero-order valence-electron chi connectivity index (χ0n) is 36.7. The number of benzene rings is 10. The average molecular weight is 819 g/mol. The van der Waals surface area contributed by atoms with E-state index in [0.29, 0.717) is 0 Å². The molecular formula is C61H47BN2. The highest BCUT2D eigenvalue weighted by molar-refractivity contribution is 7.00. The molecule has 304 valence electrons. The topological polar surface area (TPSA) is 6.48 Å². The van der Waals surface area contributed by atoms with Gasteiger partial charge in [0.2, 0.25) is 0 Å². The highest BCUT2D eigenvalue weighted by atomic mass is 15.2. The summed E-state index contributed by atoms with van der Waals surface area (Å²) < 4.78 is 0. The molecule has 3 heteroatoms. The second kappa shape index (κ2) is 15.0. The van der Waals surface area contributed by atoms with Gasteiger partial charge in [0.1, 0.15) is 0 Å². The molecule has 12 rings (SSSR count). The predicted octanol–water partition coefficient (Wildman–Crippen LogP) is 14.2. The Labute approximate surface area is 376 Å². The van der Waals surface area contributed by atoms with Gasteiger partial charge in [-0.3, -0.25) is 0 Å². The molecule has 2 nitrogen and oxygen atoms in total. The maximum atomic E-state index is 2.59. The van der Waals surface area contributed by atoms with Gasteiger partial charge in [0.25, 0.3) is 6.71 Å². The molecular weight excluding hydrogens is 771 g/mol. The van der Waals surface area contributed by atoms with Crippen LogP contribution in [-0.2, 0) is 0 Å². The van der Waals surface area contributed by atoms with Crippen molar-refractivity contribution in [2.24, 2.45) is 0 Å². The number of aryl methyl sites for hydroxylation is 4. The zero-order chi connectivity index (χ0) is 43.1. The second-order valence-corrected chi connectivity index (χ2v) is 18.1. The molecule has 0 fully saturated rings. The Morgan fingerprint density at radius 1 is 0.344 bits per heavy atom. The quantitative estimate of drug-likeness (QED) is 0.122. The normalized spacial score (nSPS) is 12.7. The lowest BCUT2D eigenvalue weighted by Crippen LogP contribution is -2.61. The van der Waals surface area contributed by atoms with Gasteiger partial charge in [-0.05, 0) is 130 Å². The second-order valence-electron chi connectivity index (χ2n) is 18.1. The van der Waals surface area contributed by atoms with Crippen LogP contribution in [0.1, 0.15) is 44.9 Å². The lowest BCUT2D eigenvalue weighted by molar-refractivity contribution is 0.981. The maximum Gasteiger partial charge on any atom is 0.252 e. The Hall–Kier alpha value is -7.62. The van der Waals surface area contributed by atoms with Crippen LogP contribution in [-0.4, -0.2) is 6.71 Å². The smallest absolute Gasteiger partial charge is 0.252 e. The first-order valence-corrected chi connectivity index (χ1v) is 22.6. The minimum Gasteiger partial charge on any atom is -0.311 e. The molecule has 2 aliphatic rings. The van der Waals surface area contributed by atoms with Gasteiger partial charge >= 0.3 is 0 Å². The minimum absolute atomic E-state index is 0.0214. The molecule has 64 heavy (non-hydrogen) atoms. The van der Waals surface area contributed by atoms with Crippen LogP contribution >= 0.6 is 0 Å². The number of rotatable bonds is 6. The van der Waals surface area contributed by atoms with E-state index >= 15 is 0 Å². The molecule has 2 aliphatic heterocycles. The summed E-state index contributed by atoms with van der Waals surface area (Å²) in [5.74, 6) is -0.0675. The number of nitrogens with zero attached hydrogens (tertiary/aromatic N) is 2. The fourth-order valence-corrected chi connectivity index (χ4v) is 10.7. The summed E-state index contributed by atoms with van der Waals surface area (Å²) in [6.45, 7) is 8.83. The molecule has 0 aliphatic carbocycles. The van der Waals surface area contributed by atoms with Crippen LogP contribution in [0.2, 0.25) is 0 Å². The predicted molar refractivity (Wildman–Crippen MR) is 274 cm³/mol. The van der Waals surface area contributed by atoms with Crippen molar-refractivity contribution < 1.29 is 0 Å². The summed E-state index contributed by atoms with van der Waals surface area (Å²) in [4.78, 5) is 5.14. The van der Waals surface area contributed by atoms with Gasteiger partial charge in [0, 0.05) is 39.9 Å². The SMILES string of the molecule is Cc1ccc(-c2ccccc2N2c3ccc(C)cc3B3c4cc(C)ccc4N(c4ccc(C)cc4)c4cc(C(c5ccc6ccccc6c5)c5ccc6ccccc6c5)cc2c43)cc1. The molecule has 2 heterocycles. The molecule has 0 saturated heterocycles. The van der Waals surface area contributed by atoms with E-state index in [0.717, 1.165) is 5.69 Å². The number of hydrogen-bond acceptors (Lipinski definition) is 2. The monoisotopic (exact) mass is 818 g/mol. The number of fused-ring (bicyclic) bond motifs is 6. The first-order valence-electron chi connectivity index (χ1n) is 22.6. The van der Waals surface area contributed by atoms with Crippen molar-refractivity contribution in [1.29, 1.82) is 0 Å². The van der Waals surface area contributed by atoms with Crippen molar-refractivity contribution in [3.8, 4) is 11.1 Å². The van der Waals surface area contributed by atoms with Crippen molar-refractivity contribution >= 4 is 78.8 Å². The standard InChI is InChI=1S/C61H47BN2/c1-39-17-23-45(24-18-39)52-15-9-10-16-55(52)64-57-32-22-42(4)34-54(57)62-53-33-41(3)21-31-56(53)63(51-29-19-40(2)20-30-51)58-37-50(38-59(64)61(58)62)60(48-27-25-43-11-5-7-13-46(43)35-48)49-28-26-44-12-6-8-14-47(44)36-49/h5-38,60H,1-4H3. The Kier molecular flexibility index (Phi) is 8.95. The summed E-state index contributed by atoms with van der Waals surface area (Å²) in [6, 6.07) is 78.0. The molecule has 0 bridgehead atoms. The van der Waals surface area contributed by atoms with Gasteiger partial charge in [0.05, 0.1) is 5.69 Å². The van der Waals surface area contributed by atoms with Crippen LogP contribution in [0.5, 0.6) is 0 Å². The lowest BCUT2D eigenvalue weighted by atomic mass is 9.33. The highest BCUT2D eigenvalue weighted by Gasteiger charge is 2.44.